The van der Waals surface area contributed by atoms with Gasteiger partial charge in [-0.1, -0.05) is 18.2 Å². The lowest BCUT2D eigenvalue weighted by Crippen LogP contribution is -2.20. The third kappa shape index (κ3) is 3.06. The molecule has 0 fully saturated rings. The summed E-state index contributed by atoms with van der Waals surface area (Å²) in [5, 5.41) is 3.69. The lowest BCUT2D eigenvalue weighted by molar-refractivity contribution is 0.584. The van der Waals surface area contributed by atoms with Gasteiger partial charge >= 0.3 is 0 Å². The molecule has 1 rings (SSSR count). The molecule has 0 aliphatic heterocycles. The van der Waals surface area contributed by atoms with E-state index in [2.05, 4.69) is 9.93 Å². The third-order valence-corrected chi connectivity index (χ3v) is 3.14. The Hall–Kier alpha value is -1.36. The predicted molar refractivity (Wildman–Crippen MR) is 60.3 cm³/mol. The summed E-state index contributed by atoms with van der Waals surface area (Å²) in [5.74, 6) is 0. The number of hydrogen-bond donors (Lipinski definition) is 1. The SMILES string of the molecule is CC(C)=NNS(=O)(=O)c1ccccc1C. The second-order valence-corrected chi connectivity index (χ2v) is 5.05. The van der Waals surface area contributed by atoms with Crippen molar-refractivity contribution in [2.45, 2.75) is 25.7 Å². The van der Waals surface area contributed by atoms with Gasteiger partial charge in [-0.15, -0.1) is 0 Å². The Morgan fingerprint density at radius 3 is 2.40 bits per heavy atom. The molecule has 5 heteroatoms. The fourth-order valence-electron chi connectivity index (χ4n) is 1.06. The average molecular weight is 226 g/mol. The van der Waals surface area contributed by atoms with Gasteiger partial charge in [-0.3, -0.25) is 0 Å². The molecular formula is C10H14N2O2S. The molecular weight excluding hydrogens is 212 g/mol. The molecule has 0 aliphatic rings. The Morgan fingerprint density at radius 2 is 1.87 bits per heavy atom. The second kappa shape index (κ2) is 4.44. The summed E-state index contributed by atoms with van der Waals surface area (Å²) >= 11 is 0. The van der Waals surface area contributed by atoms with Gasteiger partial charge in [0.15, 0.2) is 0 Å². The zero-order chi connectivity index (χ0) is 11.5. The highest BCUT2D eigenvalue weighted by molar-refractivity contribution is 7.89. The van der Waals surface area contributed by atoms with Crippen LogP contribution in [0.5, 0.6) is 0 Å². The number of nitrogens with zero attached hydrogens (tertiary/aromatic N) is 1. The highest BCUT2D eigenvalue weighted by Crippen LogP contribution is 2.13. The molecule has 0 amide bonds. The van der Waals surface area contributed by atoms with E-state index in [0.29, 0.717) is 11.3 Å². The Bertz CT molecular complexity index is 474. The Morgan fingerprint density at radius 1 is 1.27 bits per heavy atom. The molecule has 15 heavy (non-hydrogen) atoms. The topological polar surface area (TPSA) is 58.5 Å². The lowest BCUT2D eigenvalue weighted by atomic mass is 10.2. The summed E-state index contributed by atoms with van der Waals surface area (Å²) in [6.07, 6.45) is 0. The first-order valence-corrected chi connectivity index (χ1v) is 6.00. The molecule has 82 valence electrons. The smallest absolute Gasteiger partial charge is 0.200 e. The quantitative estimate of drug-likeness (QED) is 0.629. The zero-order valence-corrected chi connectivity index (χ0v) is 9.80. The van der Waals surface area contributed by atoms with Gasteiger partial charge in [0.05, 0.1) is 4.90 Å². The van der Waals surface area contributed by atoms with Crippen molar-refractivity contribution < 1.29 is 8.42 Å². The summed E-state index contributed by atoms with van der Waals surface area (Å²) in [6.45, 7) is 5.19. The molecule has 1 N–H and O–H groups in total. The molecule has 0 atom stereocenters. The largest absolute Gasteiger partial charge is 0.276 e. The molecule has 0 saturated carbocycles. The number of sulfonamides is 1. The van der Waals surface area contributed by atoms with Crippen molar-refractivity contribution in [1.82, 2.24) is 4.83 Å². The van der Waals surface area contributed by atoms with E-state index in [9.17, 15) is 8.42 Å². The first kappa shape index (κ1) is 11.7. The van der Waals surface area contributed by atoms with Gasteiger partial charge in [0.25, 0.3) is 10.0 Å². The summed E-state index contributed by atoms with van der Waals surface area (Å²) < 4.78 is 23.5. The Labute approximate surface area is 90.1 Å². The molecule has 1 aromatic rings. The van der Waals surface area contributed by atoms with Crippen molar-refractivity contribution >= 4 is 15.7 Å². The van der Waals surface area contributed by atoms with Crippen LogP contribution in [0.15, 0.2) is 34.3 Å². The van der Waals surface area contributed by atoms with E-state index in [1.54, 1.807) is 45.0 Å². The Balaban J connectivity index is 3.08. The van der Waals surface area contributed by atoms with Crippen LogP contribution < -0.4 is 4.83 Å². The van der Waals surface area contributed by atoms with Crippen molar-refractivity contribution in [3.8, 4) is 0 Å². The molecule has 0 spiro atoms. The van der Waals surface area contributed by atoms with Crippen LogP contribution in [-0.4, -0.2) is 14.1 Å². The van der Waals surface area contributed by atoms with Gasteiger partial charge in [0.2, 0.25) is 0 Å². The van der Waals surface area contributed by atoms with Gasteiger partial charge < -0.3 is 0 Å². The standard InChI is InChI=1S/C10H14N2O2S/c1-8(2)11-12-15(13,14)10-7-5-4-6-9(10)3/h4-7,12H,1-3H3. The van der Waals surface area contributed by atoms with Crippen LogP contribution in [0, 0.1) is 6.92 Å². The van der Waals surface area contributed by atoms with Gasteiger partial charge in [-0.25, -0.2) is 4.83 Å². The van der Waals surface area contributed by atoms with Gasteiger partial charge in [0, 0.05) is 5.71 Å². The van der Waals surface area contributed by atoms with Gasteiger partial charge in [-0.05, 0) is 32.4 Å². The number of benzene rings is 1. The highest BCUT2D eigenvalue weighted by atomic mass is 32.2. The van der Waals surface area contributed by atoms with E-state index in [0.717, 1.165) is 0 Å². The number of hydrogen-bond acceptors (Lipinski definition) is 3. The minimum atomic E-state index is -3.52. The van der Waals surface area contributed by atoms with Crippen molar-refractivity contribution in [2.75, 3.05) is 0 Å². The van der Waals surface area contributed by atoms with Gasteiger partial charge in [0.1, 0.15) is 0 Å². The maximum Gasteiger partial charge on any atom is 0.276 e. The molecule has 0 unspecified atom stereocenters. The first-order valence-electron chi connectivity index (χ1n) is 4.52. The van der Waals surface area contributed by atoms with Crippen LogP contribution in [0.2, 0.25) is 0 Å². The predicted octanol–water partition coefficient (Wildman–Crippen LogP) is 1.67. The summed E-state index contributed by atoms with van der Waals surface area (Å²) in [4.78, 5) is 2.44. The van der Waals surface area contributed by atoms with E-state index in [-0.39, 0.29) is 4.90 Å². The number of hydrazone groups is 1. The van der Waals surface area contributed by atoms with Crippen LogP contribution in [0.3, 0.4) is 0 Å². The van der Waals surface area contributed by atoms with E-state index >= 15 is 0 Å². The fraction of sp³-hybridized carbons (Fsp3) is 0.300. The summed E-state index contributed by atoms with van der Waals surface area (Å²) in [5.41, 5.74) is 1.36. The third-order valence-electron chi connectivity index (χ3n) is 1.77. The zero-order valence-electron chi connectivity index (χ0n) is 8.98. The molecule has 0 heterocycles. The molecule has 0 saturated heterocycles. The molecule has 0 radical (unpaired) electrons. The molecule has 4 nitrogen and oxygen atoms in total. The fourth-order valence-corrected chi connectivity index (χ4v) is 2.21. The van der Waals surface area contributed by atoms with E-state index < -0.39 is 10.0 Å². The minimum absolute atomic E-state index is 0.259. The lowest BCUT2D eigenvalue weighted by Gasteiger charge is -2.06. The average Bonchev–Trinajstić information content (AvgIpc) is 2.15. The molecule has 0 aliphatic carbocycles. The number of aryl methyl sites for hydroxylation is 1. The number of nitrogens with one attached hydrogen (secondary N) is 1. The summed E-state index contributed by atoms with van der Waals surface area (Å²) in [7, 11) is -3.52. The summed E-state index contributed by atoms with van der Waals surface area (Å²) in [6, 6.07) is 6.78. The minimum Gasteiger partial charge on any atom is -0.200 e. The molecule has 0 bridgehead atoms. The van der Waals surface area contributed by atoms with Crippen molar-refractivity contribution in [2.24, 2.45) is 5.10 Å². The van der Waals surface area contributed by atoms with E-state index in [1.807, 2.05) is 0 Å². The Kier molecular flexibility index (Phi) is 3.47. The van der Waals surface area contributed by atoms with Crippen molar-refractivity contribution in [3.63, 3.8) is 0 Å². The van der Waals surface area contributed by atoms with Crippen LogP contribution in [0.25, 0.3) is 0 Å². The first-order chi connectivity index (χ1) is 6.93. The van der Waals surface area contributed by atoms with Crippen LogP contribution in [0.4, 0.5) is 0 Å². The van der Waals surface area contributed by atoms with Crippen molar-refractivity contribution in [3.05, 3.63) is 29.8 Å². The van der Waals surface area contributed by atoms with Crippen LogP contribution in [0.1, 0.15) is 19.4 Å². The van der Waals surface area contributed by atoms with Crippen LogP contribution >= 0.6 is 0 Å². The second-order valence-electron chi connectivity index (χ2n) is 3.42. The number of rotatable bonds is 3. The normalized spacial score (nSPS) is 10.9. The monoisotopic (exact) mass is 226 g/mol. The maximum absolute atomic E-state index is 11.7. The van der Waals surface area contributed by atoms with E-state index in [4.69, 9.17) is 0 Å². The van der Waals surface area contributed by atoms with Gasteiger partial charge in [-0.2, -0.15) is 13.5 Å². The van der Waals surface area contributed by atoms with Crippen molar-refractivity contribution in [1.29, 1.82) is 0 Å². The molecule has 1 aromatic carbocycles. The van der Waals surface area contributed by atoms with E-state index in [1.165, 1.54) is 0 Å². The van der Waals surface area contributed by atoms with Crippen LogP contribution in [-0.2, 0) is 10.0 Å². The highest BCUT2D eigenvalue weighted by Gasteiger charge is 2.14. The maximum atomic E-state index is 11.7. The molecule has 0 aromatic heterocycles.